The highest BCUT2D eigenvalue weighted by molar-refractivity contribution is 5.33. The first-order chi connectivity index (χ1) is 7.13. The first-order valence-corrected chi connectivity index (χ1v) is 4.56. The Morgan fingerprint density at radius 1 is 1.33 bits per heavy atom. The monoisotopic (exact) mass is 209 g/mol. The van der Waals surface area contributed by atoms with Crippen molar-refractivity contribution in [2.45, 2.75) is 6.92 Å². The summed E-state index contributed by atoms with van der Waals surface area (Å²) in [5, 5.41) is 0. The summed E-state index contributed by atoms with van der Waals surface area (Å²) in [6.45, 7) is 2.34. The van der Waals surface area contributed by atoms with E-state index in [1.807, 2.05) is 33.2 Å². The smallest absolute Gasteiger partial charge is 0.323 e. The van der Waals surface area contributed by atoms with E-state index in [0.29, 0.717) is 12.6 Å². The summed E-state index contributed by atoms with van der Waals surface area (Å²) in [5.41, 5.74) is 5.51. The van der Waals surface area contributed by atoms with E-state index in [9.17, 15) is 0 Å². The maximum Gasteiger partial charge on any atom is 0.323 e. The molecule has 15 heavy (non-hydrogen) atoms. The summed E-state index contributed by atoms with van der Waals surface area (Å²) >= 11 is 0. The van der Waals surface area contributed by atoms with E-state index in [2.05, 4.69) is 15.0 Å². The lowest BCUT2D eigenvalue weighted by molar-refractivity contribution is 0.332. The predicted octanol–water partition coefficient (Wildman–Crippen LogP) is 0.475. The van der Waals surface area contributed by atoms with Crippen molar-refractivity contribution < 1.29 is 4.74 Å². The second-order valence-electron chi connectivity index (χ2n) is 3.05. The van der Waals surface area contributed by atoms with Crippen LogP contribution in [0.15, 0.2) is 12.2 Å². The second kappa shape index (κ2) is 5.14. The molecular weight excluding hydrogens is 194 g/mol. The molecule has 1 aromatic heterocycles. The largest absolute Gasteiger partial charge is 0.459 e. The van der Waals surface area contributed by atoms with Crippen LogP contribution in [0.3, 0.4) is 0 Å². The summed E-state index contributed by atoms with van der Waals surface area (Å²) in [5.74, 6) is 0.641. The number of nitrogens with zero attached hydrogens (tertiary/aromatic N) is 4. The van der Waals surface area contributed by atoms with Crippen LogP contribution in [-0.4, -0.2) is 35.7 Å². The third-order valence-corrected chi connectivity index (χ3v) is 1.56. The van der Waals surface area contributed by atoms with Crippen molar-refractivity contribution in [2.24, 2.45) is 0 Å². The summed E-state index contributed by atoms with van der Waals surface area (Å²) < 4.78 is 5.26. The van der Waals surface area contributed by atoms with Crippen molar-refractivity contribution in [3.63, 3.8) is 0 Å². The Labute approximate surface area is 88.8 Å². The van der Waals surface area contributed by atoms with E-state index in [4.69, 9.17) is 10.5 Å². The van der Waals surface area contributed by atoms with Gasteiger partial charge in [-0.2, -0.15) is 15.0 Å². The Morgan fingerprint density at radius 2 is 2.07 bits per heavy atom. The van der Waals surface area contributed by atoms with Gasteiger partial charge in [0.25, 0.3) is 0 Å². The fourth-order valence-electron chi connectivity index (χ4n) is 0.844. The summed E-state index contributed by atoms with van der Waals surface area (Å²) in [7, 11) is 3.65. The van der Waals surface area contributed by atoms with Gasteiger partial charge in [0.2, 0.25) is 11.9 Å². The Balaban J connectivity index is 2.79. The maximum atomic E-state index is 5.51. The van der Waals surface area contributed by atoms with Gasteiger partial charge in [-0.05, 0) is 6.92 Å². The molecule has 0 aliphatic carbocycles. The van der Waals surface area contributed by atoms with E-state index >= 15 is 0 Å². The van der Waals surface area contributed by atoms with Gasteiger partial charge in [0.1, 0.15) is 6.61 Å². The average Bonchev–Trinajstić information content (AvgIpc) is 2.17. The third-order valence-electron chi connectivity index (χ3n) is 1.56. The highest BCUT2D eigenvalue weighted by Gasteiger charge is 2.05. The van der Waals surface area contributed by atoms with E-state index in [-0.39, 0.29) is 12.0 Å². The molecule has 2 N–H and O–H groups in total. The lowest BCUT2D eigenvalue weighted by atomic mass is 10.6. The van der Waals surface area contributed by atoms with Gasteiger partial charge in [0, 0.05) is 14.1 Å². The molecule has 0 unspecified atom stereocenters. The molecule has 0 aliphatic heterocycles. The minimum absolute atomic E-state index is 0.157. The number of allylic oxidation sites excluding steroid dienone is 1. The summed E-state index contributed by atoms with van der Waals surface area (Å²) in [6.07, 6.45) is 3.74. The van der Waals surface area contributed by atoms with Gasteiger partial charge >= 0.3 is 6.01 Å². The van der Waals surface area contributed by atoms with Crippen molar-refractivity contribution in [2.75, 3.05) is 31.3 Å². The average molecular weight is 209 g/mol. The van der Waals surface area contributed by atoms with E-state index in [1.54, 1.807) is 4.90 Å². The van der Waals surface area contributed by atoms with Crippen molar-refractivity contribution in [3.8, 4) is 6.01 Å². The molecule has 1 rings (SSSR count). The molecule has 1 heterocycles. The predicted molar refractivity (Wildman–Crippen MR) is 58.9 cm³/mol. The molecule has 6 nitrogen and oxygen atoms in total. The number of hydrogen-bond acceptors (Lipinski definition) is 6. The van der Waals surface area contributed by atoms with Gasteiger partial charge in [0.05, 0.1) is 0 Å². The topological polar surface area (TPSA) is 77.2 Å². The minimum atomic E-state index is 0.157. The first kappa shape index (κ1) is 11.2. The van der Waals surface area contributed by atoms with E-state index in [0.717, 1.165) is 0 Å². The number of nitrogens with two attached hydrogens (primary N) is 1. The Bertz CT molecular complexity index is 350. The second-order valence-corrected chi connectivity index (χ2v) is 3.05. The quantitative estimate of drug-likeness (QED) is 0.726. The van der Waals surface area contributed by atoms with Gasteiger partial charge in [-0.25, -0.2) is 0 Å². The number of nitrogen functional groups attached to an aromatic ring is 1. The standard InChI is InChI=1S/C9H15N5O/c1-4-5-6-15-9-12-7(10)11-8(13-9)14(2)3/h4-5H,6H2,1-3H3,(H2,10,11,12,13)/b5-4+. The zero-order valence-electron chi connectivity index (χ0n) is 9.14. The molecule has 1 aromatic rings. The molecule has 0 aliphatic rings. The number of ether oxygens (including phenoxy) is 1. The maximum absolute atomic E-state index is 5.51. The SMILES string of the molecule is C/C=C/COc1nc(N)nc(N(C)C)n1. The fourth-order valence-corrected chi connectivity index (χ4v) is 0.844. The van der Waals surface area contributed by atoms with Crippen LogP contribution in [-0.2, 0) is 0 Å². The first-order valence-electron chi connectivity index (χ1n) is 4.56. The fraction of sp³-hybridized carbons (Fsp3) is 0.444. The number of aromatic nitrogens is 3. The number of rotatable bonds is 4. The van der Waals surface area contributed by atoms with Gasteiger partial charge < -0.3 is 15.4 Å². The van der Waals surface area contributed by atoms with Crippen LogP contribution in [0.2, 0.25) is 0 Å². The molecule has 0 spiro atoms. The van der Waals surface area contributed by atoms with Crippen LogP contribution in [0, 0.1) is 0 Å². The summed E-state index contributed by atoms with van der Waals surface area (Å²) in [6, 6.07) is 0.240. The molecule has 0 fully saturated rings. The molecule has 0 saturated carbocycles. The lowest BCUT2D eigenvalue weighted by Crippen LogP contribution is -2.15. The molecular formula is C9H15N5O. The minimum Gasteiger partial charge on any atom is -0.459 e. The molecule has 0 aromatic carbocycles. The van der Waals surface area contributed by atoms with Crippen LogP contribution in [0.4, 0.5) is 11.9 Å². The Hall–Kier alpha value is -1.85. The van der Waals surface area contributed by atoms with Crippen molar-refractivity contribution in [3.05, 3.63) is 12.2 Å². The normalized spacial score (nSPS) is 10.6. The van der Waals surface area contributed by atoms with Gasteiger partial charge in [-0.3, -0.25) is 0 Å². The number of anilines is 2. The Morgan fingerprint density at radius 3 is 2.67 bits per heavy atom. The molecule has 0 saturated heterocycles. The van der Waals surface area contributed by atoms with Crippen LogP contribution < -0.4 is 15.4 Å². The van der Waals surface area contributed by atoms with Crippen molar-refractivity contribution >= 4 is 11.9 Å². The van der Waals surface area contributed by atoms with E-state index in [1.165, 1.54) is 0 Å². The highest BCUT2D eigenvalue weighted by Crippen LogP contribution is 2.10. The molecule has 82 valence electrons. The summed E-state index contributed by atoms with van der Waals surface area (Å²) in [4.78, 5) is 13.6. The van der Waals surface area contributed by atoms with Gasteiger partial charge in [-0.15, -0.1) is 0 Å². The Kier molecular flexibility index (Phi) is 3.84. The van der Waals surface area contributed by atoms with Crippen molar-refractivity contribution in [1.29, 1.82) is 0 Å². The van der Waals surface area contributed by atoms with Gasteiger partial charge in [0.15, 0.2) is 0 Å². The van der Waals surface area contributed by atoms with E-state index < -0.39 is 0 Å². The lowest BCUT2D eigenvalue weighted by Gasteiger charge is -2.10. The molecule has 0 radical (unpaired) electrons. The van der Waals surface area contributed by atoms with Crippen LogP contribution in [0.25, 0.3) is 0 Å². The molecule has 0 bridgehead atoms. The zero-order valence-corrected chi connectivity index (χ0v) is 9.14. The molecule has 0 atom stereocenters. The number of hydrogen-bond donors (Lipinski definition) is 1. The molecule has 6 heteroatoms. The zero-order chi connectivity index (χ0) is 11.3. The van der Waals surface area contributed by atoms with Gasteiger partial charge in [-0.1, -0.05) is 12.2 Å². The highest BCUT2D eigenvalue weighted by atomic mass is 16.5. The van der Waals surface area contributed by atoms with Crippen molar-refractivity contribution in [1.82, 2.24) is 15.0 Å². The molecule has 0 amide bonds. The van der Waals surface area contributed by atoms with Crippen LogP contribution >= 0.6 is 0 Å². The van der Waals surface area contributed by atoms with Crippen LogP contribution in [0.5, 0.6) is 6.01 Å². The van der Waals surface area contributed by atoms with Crippen LogP contribution in [0.1, 0.15) is 6.92 Å². The third kappa shape index (κ3) is 3.41.